The number of nitriles is 1. The SMILES string of the molecule is Cc1ccc(NC(=O)CCNc2ccc(C#N)cc2)cc1Br. The van der Waals surface area contributed by atoms with Crippen LogP contribution in [0.3, 0.4) is 0 Å². The van der Waals surface area contributed by atoms with Gasteiger partial charge in [0.2, 0.25) is 5.91 Å². The molecule has 2 aromatic carbocycles. The van der Waals surface area contributed by atoms with Gasteiger partial charge in [-0.2, -0.15) is 5.26 Å². The fourth-order valence-corrected chi connectivity index (χ4v) is 2.26. The van der Waals surface area contributed by atoms with Gasteiger partial charge >= 0.3 is 0 Å². The number of amides is 1. The maximum Gasteiger partial charge on any atom is 0.226 e. The molecule has 0 bridgehead atoms. The lowest BCUT2D eigenvalue weighted by molar-refractivity contribution is -0.115. The molecule has 112 valence electrons. The minimum atomic E-state index is -0.0445. The Labute approximate surface area is 138 Å². The van der Waals surface area contributed by atoms with Gasteiger partial charge in [0.15, 0.2) is 0 Å². The van der Waals surface area contributed by atoms with E-state index in [1.165, 1.54) is 0 Å². The van der Waals surface area contributed by atoms with Crippen molar-refractivity contribution in [3.8, 4) is 6.07 Å². The number of hydrogen-bond acceptors (Lipinski definition) is 3. The summed E-state index contributed by atoms with van der Waals surface area (Å²) in [6.45, 7) is 2.53. The standard InChI is InChI=1S/C17H16BrN3O/c1-12-2-5-15(10-16(12)18)21-17(22)8-9-20-14-6-3-13(11-19)4-7-14/h2-7,10,20H,8-9H2,1H3,(H,21,22). The van der Waals surface area contributed by atoms with Gasteiger partial charge < -0.3 is 10.6 Å². The first-order valence-corrected chi connectivity index (χ1v) is 7.68. The van der Waals surface area contributed by atoms with Gasteiger partial charge in [0.1, 0.15) is 0 Å². The van der Waals surface area contributed by atoms with Crippen LogP contribution in [0.1, 0.15) is 17.5 Å². The third-order valence-corrected chi connectivity index (χ3v) is 4.01. The molecule has 5 heteroatoms. The molecule has 2 rings (SSSR count). The number of carbonyl (C=O) groups excluding carboxylic acids is 1. The average molecular weight is 358 g/mol. The fourth-order valence-electron chi connectivity index (χ4n) is 1.88. The Kier molecular flexibility index (Phi) is 5.56. The average Bonchev–Trinajstić information content (AvgIpc) is 2.51. The molecular formula is C17H16BrN3O. The zero-order chi connectivity index (χ0) is 15.9. The molecule has 0 radical (unpaired) electrons. The zero-order valence-electron chi connectivity index (χ0n) is 12.2. The molecule has 0 saturated heterocycles. The molecule has 4 nitrogen and oxygen atoms in total. The van der Waals surface area contributed by atoms with Gasteiger partial charge in [0, 0.05) is 28.8 Å². The molecule has 0 atom stereocenters. The number of rotatable bonds is 5. The molecule has 0 heterocycles. The van der Waals surface area contributed by atoms with E-state index >= 15 is 0 Å². The van der Waals surface area contributed by atoms with Gasteiger partial charge in [-0.1, -0.05) is 22.0 Å². The summed E-state index contributed by atoms with van der Waals surface area (Å²) in [4.78, 5) is 11.9. The lowest BCUT2D eigenvalue weighted by atomic mass is 10.2. The number of benzene rings is 2. The van der Waals surface area contributed by atoms with E-state index in [-0.39, 0.29) is 5.91 Å². The minimum Gasteiger partial charge on any atom is -0.385 e. The normalized spacial score (nSPS) is 9.86. The van der Waals surface area contributed by atoms with E-state index in [4.69, 9.17) is 5.26 Å². The molecule has 0 aliphatic rings. The maximum atomic E-state index is 11.9. The zero-order valence-corrected chi connectivity index (χ0v) is 13.8. The summed E-state index contributed by atoms with van der Waals surface area (Å²) in [6.07, 6.45) is 0.367. The molecule has 1 amide bonds. The van der Waals surface area contributed by atoms with E-state index in [1.807, 2.05) is 37.3 Å². The van der Waals surface area contributed by atoms with Crippen LogP contribution in [-0.4, -0.2) is 12.5 Å². The number of aryl methyl sites for hydroxylation is 1. The Morgan fingerprint density at radius 3 is 2.50 bits per heavy atom. The number of anilines is 2. The fraction of sp³-hybridized carbons (Fsp3) is 0.176. The topological polar surface area (TPSA) is 64.9 Å². The maximum absolute atomic E-state index is 11.9. The first-order valence-electron chi connectivity index (χ1n) is 6.88. The Hall–Kier alpha value is -2.32. The number of halogens is 1. The van der Waals surface area contributed by atoms with Crippen LogP contribution >= 0.6 is 15.9 Å². The lowest BCUT2D eigenvalue weighted by Crippen LogP contribution is -2.16. The second kappa shape index (κ2) is 7.62. The lowest BCUT2D eigenvalue weighted by Gasteiger charge is -2.08. The van der Waals surface area contributed by atoms with Crippen LogP contribution in [0, 0.1) is 18.3 Å². The molecule has 22 heavy (non-hydrogen) atoms. The molecular weight excluding hydrogens is 342 g/mol. The predicted octanol–water partition coefficient (Wildman–Crippen LogP) is 4.07. The number of nitrogens with zero attached hydrogens (tertiary/aromatic N) is 1. The van der Waals surface area contributed by atoms with Crippen molar-refractivity contribution in [2.45, 2.75) is 13.3 Å². The highest BCUT2D eigenvalue weighted by Crippen LogP contribution is 2.20. The highest BCUT2D eigenvalue weighted by molar-refractivity contribution is 9.10. The van der Waals surface area contributed by atoms with Crippen LogP contribution in [0.4, 0.5) is 11.4 Å². The Bertz CT molecular complexity index is 705. The number of hydrogen-bond donors (Lipinski definition) is 2. The molecule has 0 aliphatic heterocycles. The first-order chi connectivity index (χ1) is 10.6. The molecule has 0 aromatic heterocycles. The molecule has 0 spiro atoms. The van der Waals surface area contributed by atoms with Gasteiger partial charge in [-0.15, -0.1) is 0 Å². The van der Waals surface area contributed by atoms with Gasteiger partial charge in [-0.25, -0.2) is 0 Å². The van der Waals surface area contributed by atoms with Crippen molar-refractivity contribution in [2.75, 3.05) is 17.2 Å². The summed E-state index contributed by atoms with van der Waals surface area (Å²) < 4.78 is 0.973. The first kappa shape index (κ1) is 16.1. The van der Waals surface area contributed by atoms with E-state index in [0.717, 1.165) is 21.4 Å². The number of carbonyl (C=O) groups is 1. The van der Waals surface area contributed by atoms with Crippen LogP contribution < -0.4 is 10.6 Å². The monoisotopic (exact) mass is 357 g/mol. The molecule has 0 fully saturated rings. The van der Waals surface area contributed by atoms with E-state index in [9.17, 15) is 4.79 Å². The molecule has 0 unspecified atom stereocenters. The van der Waals surface area contributed by atoms with E-state index in [0.29, 0.717) is 18.5 Å². The van der Waals surface area contributed by atoms with Crippen LogP contribution in [-0.2, 0) is 4.79 Å². The van der Waals surface area contributed by atoms with Crippen LogP contribution in [0.15, 0.2) is 46.9 Å². The second-order valence-corrected chi connectivity index (χ2v) is 5.73. The Balaban J connectivity index is 1.80. The van der Waals surface area contributed by atoms with E-state index in [1.54, 1.807) is 12.1 Å². The largest absolute Gasteiger partial charge is 0.385 e. The van der Waals surface area contributed by atoms with Gasteiger partial charge in [0.05, 0.1) is 11.6 Å². The van der Waals surface area contributed by atoms with E-state index in [2.05, 4.69) is 32.6 Å². The Morgan fingerprint density at radius 2 is 1.86 bits per heavy atom. The van der Waals surface area contributed by atoms with Gasteiger partial charge in [-0.05, 0) is 48.9 Å². The van der Waals surface area contributed by atoms with Gasteiger partial charge in [0.25, 0.3) is 0 Å². The molecule has 2 aromatic rings. The van der Waals surface area contributed by atoms with E-state index < -0.39 is 0 Å². The van der Waals surface area contributed by atoms with Crippen molar-refractivity contribution < 1.29 is 4.79 Å². The number of nitrogens with one attached hydrogen (secondary N) is 2. The van der Waals surface area contributed by atoms with Crippen molar-refractivity contribution >= 4 is 33.2 Å². The van der Waals surface area contributed by atoms with Crippen LogP contribution in [0.2, 0.25) is 0 Å². The minimum absolute atomic E-state index is 0.0445. The summed E-state index contributed by atoms with van der Waals surface area (Å²) in [5, 5.41) is 14.7. The van der Waals surface area contributed by atoms with Crippen LogP contribution in [0.5, 0.6) is 0 Å². The summed E-state index contributed by atoms with van der Waals surface area (Å²) in [5.74, 6) is -0.0445. The molecule has 2 N–H and O–H groups in total. The third kappa shape index (κ3) is 4.61. The van der Waals surface area contributed by atoms with Crippen molar-refractivity contribution in [1.29, 1.82) is 5.26 Å². The third-order valence-electron chi connectivity index (χ3n) is 3.15. The van der Waals surface area contributed by atoms with Gasteiger partial charge in [-0.3, -0.25) is 4.79 Å². The van der Waals surface area contributed by atoms with Crippen molar-refractivity contribution in [3.63, 3.8) is 0 Å². The smallest absolute Gasteiger partial charge is 0.226 e. The highest BCUT2D eigenvalue weighted by Gasteiger charge is 2.04. The molecule has 0 aliphatic carbocycles. The van der Waals surface area contributed by atoms with Crippen molar-refractivity contribution in [1.82, 2.24) is 0 Å². The summed E-state index contributed by atoms with van der Waals surface area (Å²) in [5.41, 5.74) is 3.42. The highest BCUT2D eigenvalue weighted by atomic mass is 79.9. The second-order valence-electron chi connectivity index (χ2n) is 4.88. The quantitative estimate of drug-likeness (QED) is 0.847. The molecule has 0 saturated carbocycles. The summed E-state index contributed by atoms with van der Waals surface area (Å²) >= 11 is 3.44. The van der Waals surface area contributed by atoms with Crippen LogP contribution in [0.25, 0.3) is 0 Å². The summed E-state index contributed by atoms with van der Waals surface area (Å²) in [7, 11) is 0. The Morgan fingerprint density at radius 1 is 1.18 bits per heavy atom. The van der Waals surface area contributed by atoms with Crippen molar-refractivity contribution in [3.05, 3.63) is 58.1 Å². The van der Waals surface area contributed by atoms with Crippen molar-refractivity contribution in [2.24, 2.45) is 0 Å². The predicted molar refractivity (Wildman–Crippen MR) is 91.8 cm³/mol. The summed E-state index contributed by atoms with van der Waals surface area (Å²) in [6, 6.07) is 14.9.